The molecule has 2 aromatic rings. The van der Waals surface area contributed by atoms with Gasteiger partial charge in [-0.15, -0.1) is 0 Å². The number of hydrogen-bond acceptors (Lipinski definition) is 3. The maximum atomic E-state index is 12.4. The molecule has 1 aliphatic heterocycles. The number of rotatable bonds is 2. The second-order valence-electron chi connectivity index (χ2n) is 5.13. The van der Waals surface area contributed by atoms with Gasteiger partial charge in [0.2, 0.25) is 0 Å². The molecular formula is C16H18N4O. The summed E-state index contributed by atoms with van der Waals surface area (Å²) in [5, 5.41) is 4.46. The average molecular weight is 282 g/mol. The number of nitrogens with two attached hydrogens (primary N) is 1. The summed E-state index contributed by atoms with van der Waals surface area (Å²) >= 11 is 0. The third-order valence-corrected chi connectivity index (χ3v) is 3.69. The first-order valence-corrected chi connectivity index (χ1v) is 7.23. The molecule has 0 aliphatic carbocycles. The molecule has 5 nitrogen and oxygen atoms in total. The molecule has 0 bridgehead atoms. The largest absolute Gasteiger partial charge is 0.346 e. The Kier molecular flexibility index (Phi) is 3.89. The number of hydrogen-bond donors (Lipinski definition) is 1. The SMILES string of the molecule is NCC#Cc1ccccc1Cn1nc2n(c1=O)CCCC2. The molecular weight excluding hydrogens is 264 g/mol. The molecule has 3 rings (SSSR count). The predicted octanol–water partition coefficient (Wildman–Crippen LogP) is 0.740. The highest BCUT2D eigenvalue weighted by molar-refractivity contribution is 5.41. The van der Waals surface area contributed by atoms with Crippen LogP contribution in [0.5, 0.6) is 0 Å². The maximum absolute atomic E-state index is 12.4. The molecule has 0 amide bonds. The molecule has 0 unspecified atom stereocenters. The summed E-state index contributed by atoms with van der Waals surface area (Å²) in [5.74, 6) is 6.81. The number of aryl methyl sites for hydroxylation is 1. The zero-order valence-electron chi connectivity index (χ0n) is 11.9. The van der Waals surface area contributed by atoms with Gasteiger partial charge in [0, 0.05) is 18.5 Å². The van der Waals surface area contributed by atoms with Crippen LogP contribution in [0.25, 0.3) is 0 Å². The van der Waals surface area contributed by atoms with Gasteiger partial charge in [-0.25, -0.2) is 9.48 Å². The van der Waals surface area contributed by atoms with Crippen molar-refractivity contribution in [1.29, 1.82) is 0 Å². The molecule has 0 radical (unpaired) electrons. The first kappa shape index (κ1) is 13.7. The third-order valence-electron chi connectivity index (χ3n) is 3.69. The second kappa shape index (κ2) is 5.98. The van der Waals surface area contributed by atoms with Crippen LogP contribution in [0.1, 0.15) is 29.8 Å². The zero-order chi connectivity index (χ0) is 14.7. The van der Waals surface area contributed by atoms with E-state index in [1.54, 1.807) is 9.25 Å². The Morgan fingerprint density at radius 3 is 2.95 bits per heavy atom. The topological polar surface area (TPSA) is 65.8 Å². The molecule has 0 spiro atoms. The van der Waals surface area contributed by atoms with E-state index in [9.17, 15) is 4.79 Å². The van der Waals surface area contributed by atoms with Crippen LogP contribution in [0.15, 0.2) is 29.1 Å². The third kappa shape index (κ3) is 2.76. The van der Waals surface area contributed by atoms with Gasteiger partial charge in [-0.2, -0.15) is 5.10 Å². The molecule has 2 N–H and O–H groups in total. The van der Waals surface area contributed by atoms with Crippen molar-refractivity contribution < 1.29 is 0 Å². The highest BCUT2D eigenvalue weighted by Gasteiger charge is 2.17. The number of nitrogens with zero attached hydrogens (tertiary/aromatic N) is 3. The van der Waals surface area contributed by atoms with E-state index in [1.165, 1.54) is 0 Å². The Balaban J connectivity index is 1.94. The summed E-state index contributed by atoms with van der Waals surface area (Å²) in [7, 11) is 0. The van der Waals surface area contributed by atoms with Gasteiger partial charge in [-0.05, 0) is 24.5 Å². The van der Waals surface area contributed by atoms with Crippen molar-refractivity contribution in [3.63, 3.8) is 0 Å². The van der Waals surface area contributed by atoms with Crippen LogP contribution in [0.2, 0.25) is 0 Å². The molecule has 2 heterocycles. The van der Waals surface area contributed by atoms with Crippen LogP contribution in [0.3, 0.4) is 0 Å². The highest BCUT2D eigenvalue weighted by atomic mass is 16.2. The van der Waals surface area contributed by atoms with E-state index in [1.807, 2.05) is 24.3 Å². The molecule has 0 saturated heterocycles. The lowest BCUT2D eigenvalue weighted by molar-refractivity contribution is 0.511. The first-order valence-electron chi connectivity index (χ1n) is 7.23. The van der Waals surface area contributed by atoms with E-state index in [4.69, 9.17) is 5.73 Å². The Bertz CT molecular complexity index is 761. The van der Waals surface area contributed by atoms with Crippen molar-refractivity contribution >= 4 is 0 Å². The fraction of sp³-hybridized carbons (Fsp3) is 0.375. The van der Waals surface area contributed by atoms with Crippen molar-refractivity contribution in [3.8, 4) is 11.8 Å². The van der Waals surface area contributed by atoms with Gasteiger partial charge < -0.3 is 5.73 Å². The quantitative estimate of drug-likeness (QED) is 0.826. The van der Waals surface area contributed by atoms with Crippen LogP contribution in [-0.2, 0) is 19.5 Å². The monoisotopic (exact) mass is 282 g/mol. The summed E-state index contributed by atoms with van der Waals surface area (Å²) in [6.45, 7) is 1.56. The Hall–Kier alpha value is -2.32. The number of fused-ring (bicyclic) bond motifs is 1. The van der Waals surface area contributed by atoms with E-state index in [0.29, 0.717) is 13.1 Å². The Morgan fingerprint density at radius 2 is 2.14 bits per heavy atom. The summed E-state index contributed by atoms with van der Waals surface area (Å²) in [6.07, 6.45) is 3.04. The number of aromatic nitrogens is 3. The van der Waals surface area contributed by atoms with Crippen molar-refractivity contribution in [2.45, 2.75) is 32.4 Å². The fourth-order valence-electron chi connectivity index (χ4n) is 2.64. The minimum Gasteiger partial charge on any atom is -0.320 e. The van der Waals surface area contributed by atoms with Gasteiger partial charge in [0.1, 0.15) is 5.82 Å². The molecule has 5 heteroatoms. The van der Waals surface area contributed by atoms with Crippen molar-refractivity contribution in [2.75, 3.05) is 6.54 Å². The Morgan fingerprint density at radius 1 is 1.29 bits per heavy atom. The maximum Gasteiger partial charge on any atom is 0.346 e. The lowest BCUT2D eigenvalue weighted by Gasteiger charge is -2.09. The fourth-order valence-corrected chi connectivity index (χ4v) is 2.64. The second-order valence-corrected chi connectivity index (χ2v) is 5.13. The van der Waals surface area contributed by atoms with Gasteiger partial charge in [0.15, 0.2) is 0 Å². The van der Waals surface area contributed by atoms with Crippen LogP contribution in [0, 0.1) is 11.8 Å². The predicted molar refractivity (Wildman–Crippen MR) is 80.9 cm³/mol. The lowest BCUT2D eigenvalue weighted by Crippen LogP contribution is -2.27. The molecule has 0 saturated carbocycles. The Labute approximate surface area is 123 Å². The van der Waals surface area contributed by atoms with Gasteiger partial charge in [0.05, 0.1) is 13.1 Å². The summed E-state index contributed by atoms with van der Waals surface area (Å²) in [6, 6.07) is 7.80. The van der Waals surface area contributed by atoms with Crippen molar-refractivity contribution in [1.82, 2.24) is 14.3 Å². The average Bonchev–Trinajstić information content (AvgIpc) is 2.83. The zero-order valence-corrected chi connectivity index (χ0v) is 11.9. The van der Waals surface area contributed by atoms with Crippen molar-refractivity contribution in [3.05, 3.63) is 51.7 Å². The van der Waals surface area contributed by atoms with Crippen LogP contribution in [0.4, 0.5) is 0 Å². The molecule has 1 aliphatic rings. The van der Waals surface area contributed by atoms with E-state index >= 15 is 0 Å². The molecule has 108 valence electrons. The van der Waals surface area contributed by atoms with E-state index in [2.05, 4.69) is 16.9 Å². The van der Waals surface area contributed by atoms with Gasteiger partial charge in [0.25, 0.3) is 0 Å². The van der Waals surface area contributed by atoms with Crippen LogP contribution < -0.4 is 11.4 Å². The first-order chi connectivity index (χ1) is 10.3. The van der Waals surface area contributed by atoms with Crippen molar-refractivity contribution in [2.24, 2.45) is 5.73 Å². The van der Waals surface area contributed by atoms with Gasteiger partial charge in [-0.3, -0.25) is 4.57 Å². The summed E-state index contributed by atoms with van der Waals surface area (Å²) in [4.78, 5) is 12.4. The molecule has 21 heavy (non-hydrogen) atoms. The molecule has 0 atom stereocenters. The van der Waals surface area contributed by atoms with Crippen LogP contribution in [-0.4, -0.2) is 20.9 Å². The molecule has 1 aromatic heterocycles. The standard InChI is InChI=1S/C16H18N4O/c17-10-5-8-13-6-1-2-7-14(13)12-20-16(21)19-11-4-3-9-15(19)18-20/h1-2,6-7H,3-4,9-12,17H2. The summed E-state index contributed by atoms with van der Waals surface area (Å²) < 4.78 is 3.33. The summed E-state index contributed by atoms with van der Waals surface area (Å²) in [5.41, 5.74) is 7.30. The highest BCUT2D eigenvalue weighted by Crippen LogP contribution is 2.12. The van der Waals surface area contributed by atoms with E-state index < -0.39 is 0 Å². The van der Waals surface area contributed by atoms with E-state index in [-0.39, 0.29) is 5.69 Å². The lowest BCUT2D eigenvalue weighted by atomic mass is 10.1. The molecule has 1 aromatic carbocycles. The number of benzene rings is 1. The van der Waals surface area contributed by atoms with Crippen LogP contribution >= 0.6 is 0 Å². The smallest absolute Gasteiger partial charge is 0.320 e. The van der Waals surface area contributed by atoms with Gasteiger partial charge >= 0.3 is 5.69 Å². The van der Waals surface area contributed by atoms with Gasteiger partial charge in [-0.1, -0.05) is 30.0 Å². The van der Waals surface area contributed by atoms with E-state index in [0.717, 1.165) is 42.8 Å². The minimum atomic E-state index is -0.0220. The normalized spacial score (nSPS) is 13.4. The molecule has 0 fully saturated rings. The minimum absolute atomic E-state index is 0.0220.